The summed E-state index contributed by atoms with van der Waals surface area (Å²) in [5.74, 6) is -3.15. The number of rotatable bonds is 5. The minimum absolute atomic E-state index is 0.139. The molecular formula is C17H15F3O6S. The average molecular weight is 404 g/mol. The van der Waals surface area contributed by atoms with E-state index in [1.807, 2.05) is 0 Å². The number of ether oxygens (including phenoxy) is 2. The predicted molar refractivity (Wildman–Crippen MR) is 88.9 cm³/mol. The summed E-state index contributed by atoms with van der Waals surface area (Å²) in [5.41, 5.74) is -2.77. The number of carbonyl (C=O) groups is 1. The minimum atomic E-state index is -5.21. The second-order valence-electron chi connectivity index (χ2n) is 6.41. The van der Waals surface area contributed by atoms with Gasteiger partial charge in [-0.05, 0) is 29.3 Å². The quantitative estimate of drug-likeness (QED) is 0.467. The minimum Gasteiger partial charge on any atom is -0.445 e. The molecule has 0 aromatic heterocycles. The molecule has 1 N–H and O–H groups in total. The summed E-state index contributed by atoms with van der Waals surface area (Å²) in [5, 5.41) is 0.977. The highest BCUT2D eigenvalue weighted by molar-refractivity contribution is 7.85. The molecule has 1 aliphatic heterocycles. The fourth-order valence-corrected chi connectivity index (χ4v) is 3.70. The Labute approximate surface area is 152 Å². The average Bonchev–Trinajstić information content (AvgIpc) is 3.35. The Kier molecular flexibility index (Phi) is 4.69. The van der Waals surface area contributed by atoms with Gasteiger partial charge in [0.15, 0.2) is 0 Å². The van der Waals surface area contributed by atoms with Gasteiger partial charge in [-0.1, -0.05) is 30.3 Å². The van der Waals surface area contributed by atoms with Crippen LogP contribution in [0.15, 0.2) is 36.4 Å². The van der Waals surface area contributed by atoms with Crippen LogP contribution in [0.2, 0.25) is 0 Å². The van der Waals surface area contributed by atoms with E-state index >= 15 is 0 Å². The maximum atomic E-state index is 13.3. The summed E-state index contributed by atoms with van der Waals surface area (Å²) in [6, 6.07) is 9.44. The zero-order valence-electron chi connectivity index (χ0n) is 14.0. The summed E-state index contributed by atoms with van der Waals surface area (Å²) in [6.07, 6.45) is -5.35. The number of esters is 1. The lowest BCUT2D eigenvalue weighted by atomic mass is 9.97. The molecule has 0 aliphatic carbocycles. The topological polar surface area (TPSA) is 93.2 Å². The lowest BCUT2D eigenvalue weighted by Crippen LogP contribution is -2.51. The predicted octanol–water partition coefficient (Wildman–Crippen LogP) is 3.28. The van der Waals surface area contributed by atoms with Crippen molar-refractivity contribution < 1.29 is 40.4 Å². The van der Waals surface area contributed by atoms with Crippen LogP contribution in [0.5, 0.6) is 0 Å². The highest BCUT2D eigenvalue weighted by Crippen LogP contribution is 2.38. The number of alkyl halides is 3. The molecule has 0 bridgehead atoms. The molecule has 1 aliphatic rings. The molecule has 0 radical (unpaired) electrons. The molecule has 1 fully saturated rings. The van der Waals surface area contributed by atoms with Crippen LogP contribution in [0.3, 0.4) is 0 Å². The van der Waals surface area contributed by atoms with Gasteiger partial charge in [-0.25, -0.2) is 4.79 Å². The number of hydrogen-bond donors (Lipinski definition) is 1. The van der Waals surface area contributed by atoms with Crippen LogP contribution in [0.1, 0.15) is 28.9 Å². The van der Waals surface area contributed by atoms with Crippen LogP contribution in [0, 0.1) is 0 Å². The summed E-state index contributed by atoms with van der Waals surface area (Å²) in [4.78, 5) is 12.5. The van der Waals surface area contributed by atoms with Crippen molar-refractivity contribution in [3.63, 3.8) is 0 Å². The first kappa shape index (κ1) is 19.6. The van der Waals surface area contributed by atoms with Crippen molar-refractivity contribution in [3.05, 3.63) is 47.5 Å². The third-order valence-corrected chi connectivity index (χ3v) is 5.15. The molecule has 10 heteroatoms. The number of benzene rings is 2. The van der Waals surface area contributed by atoms with Crippen LogP contribution in [0.4, 0.5) is 13.2 Å². The molecule has 146 valence electrons. The maximum absolute atomic E-state index is 13.3. The van der Waals surface area contributed by atoms with Crippen molar-refractivity contribution in [2.45, 2.75) is 24.8 Å². The van der Waals surface area contributed by atoms with E-state index in [2.05, 4.69) is 4.74 Å². The molecule has 0 amide bonds. The van der Waals surface area contributed by atoms with Crippen molar-refractivity contribution in [1.82, 2.24) is 0 Å². The van der Waals surface area contributed by atoms with Crippen LogP contribution in [-0.2, 0) is 19.6 Å². The van der Waals surface area contributed by atoms with Gasteiger partial charge >= 0.3 is 12.1 Å². The van der Waals surface area contributed by atoms with E-state index in [0.29, 0.717) is 24.3 Å². The molecule has 0 saturated carbocycles. The van der Waals surface area contributed by atoms with Crippen molar-refractivity contribution in [2.75, 3.05) is 12.4 Å². The molecule has 0 spiro atoms. The molecule has 6 nitrogen and oxygen atoms in total. The second kappa shape index (κ2) is 6.47. The van der Waals surface area contributed by atoms with Gasteiger partial charge in [0.1, 0.15) is 11.9 Å². The molecule has 3 rings (SSSR count). The van der Waals surface area contributed by atoms with E-state index in [1.165, 1.54) is 6.07 Å². The van der Waals surface area contributed by atoms with Gasteiger partial charge in [-0.2, -0.15) is 21.6 Å². The highest BCUT2D eigenvalue weighted by atomic mass is 32.2. The Hall–Kier alpha value is -2.17. The lowest BCUT2D eigenvalue weighted by molar-refractivity contribution is -0.243. The first-order chi connectivity index (χ1) is 12.4. The van der Waals surface area contributed by atoms with Gasteiger partial charge in [0, 0.05) is 0 Å². The Balaban J connectivity index is 2.01. The van der Waals surface area contributed by atoms with Gasteiger partial charge in [-0.15, -0.1) is 0 Å². The first-order valence-corrected chi connectivity index (χ1v) is 9.41. The molecular weight excluding hydrogens is 389 g/mol. The SMILES string of the molecule is CC(CS(=O)(=O)O)(OC(=O)c1ccc(C2CO2)c2ccccc12)C(F)(F)F. The van der Waals surface area contributed by atoms with Crippen molar-refractivity contribution in [2.24, 2.45) is 0 Å². The van der Waals surface area contributed by atoms with Crippen LogP contribution < -0.4 is 0 Å². The Morgan fingerprint density at radius 1 is 1.22 bits per heavy atom. The Morgan fingerprint density at radius 2 is 1.81 bits per heavy atom. The molecule has 1 saturated heterocycles. The molecule has 2 aromatic carbocycles. The number of carbonyl (C=O) groups excluding carboxylic acids is 1. The largest absolute Gasteiger partial charge is 0.445 e. The van der Waals surface area contributed by atoms with Gasteiger partial charge in [-0.3, -0.25) is 4.55 Å². The van der Waals surface area contributed by atoms with Gasteiger partial charge in [0.25, 0.3) is 10.1 Å². The number of halogens is 3. The molecule has 2 unspecified atom stereocenters. The van der Waals surface area contributed by atoms with Gasteiger partial charge in [0.05, 0.1) is 12.2 Å². The van der Waals surface area contributed by atoms with E-state index in [9.17, 15) is 26.4 Å². The van der Waals surface area contributed by atoms with Crippen molar-refractivity contribution in [3.8, 4) is 0 Å². The normalized spacial score (nSPS) is 19.5. The fourth-order valence-electron chi connectivity index (χ4n) is 2.79. The highest BCUT2D eigenvalue weighted by Gasteiger charge is 2.57. The monoisotopic (exact) mass is 404 g/mol. The summed E-state index contributed by atoms with van der Waals surface area (Å²) in [7, 11) is -5.06. The fraction of sp³-hybridized carbons (Fsp3) is 0.353. The standard InChI is InChI=1S/C17H15F3O6S/c1-16(17(18,19)20,9-27(22,23)24)26-15(21)13-7-6-12(14-8-25-14)10-4-2-3-5-11(10)13/h2-7,14H,8-9H2,1H3,(H,22,23,24). The third-order valence-electron chi connectivity index (χ3n) is 4.23. The van der Waals surface area contributed by atoms with Gasteiger partial charge in [0.2, 0.25) is 5.60 Å². The zero-order chi connectivity index (χ0) is 20.0. The van der Waals surface area contributed by atoms with Crippen molar-refractivity contribution >= 4 is 26.9 Å². The zero-order valence-corrected chi connectivity index (χ0v) is 14.8. The Bertz CT molecular complexity index is 997. The summed E-state index contributed by atoms with van der Waals surface area (Å²) >= 11 is 0. The third kappa shape index (κ3) is 4.07. The molecule has 2 aromatic rings. The number of hydrogen-bond acceptors (Lipinski definition) is 5. The van der Waals surface area contributed by atoms with Crippen LogP contribution in [-0.4, -0.2) is 43.1 Å². The summed E-state index contributed by atoms with van der Waals surface area (Å²) < 4.78 is 80.6. The van der Waals surface area contributed by atoms with E-state index < -0.39 is 33.6 Å². The van der Waals surface area contributed by atoms with Crippen molar-refractivity contribution in [1.29, 1.82) is 0 Å². The van der Waals surface area contributed by atoms with E-state index in [-0.39, 0.29) is 11.7 Å². The first-order valence-electron chi connectivity index (χ1n) is 7.80. The molecule has 2 atom stereocenters. The van der Waals surface area contributed by atoms with Crippen LogP contribution in [0.25, 0.3) is 10.8 Å². The smallest absolute Gasteiger partial charge is 0.429 e. The molecule has 1 heterocycles. The molecule has 27 heavy (non-hydrogen) atoms. The number of epoxide rings is 1. The van der Waals surface area contributed by atoms with E-state index in [4.69, 9.17) is 9.29 Å². The number of fused-ring (bicyclic) bond motifs is 1. The van der Waals surface area contributed by atoms with E-state index in [0.717, 1.165) is 5.56 Å². The van der Waals surface area contributed by atoms with Crippen LogP contribution >= 0.6 is 0 Å². The lowest BCUT2D eigenvalue weighted by Gasteiger charge is -2.30. The maximum Gasteiger partial charge on any atom is 0.429 e. The Morgan fingerprint density at radius 3 is 2.33 bits per heavy atom. The summed E-state index contributed by atoms with van der Waals surface area (Å²) in [6.45, 7) is 0.904. The van der Waals surface area contributed by atoms with E-state index in [1.54, 1.807) is 30.3 Å². The second-order valence-corrected chi connectivity index (χ2v) is 7.87. The van der Waals surface area contributed by atoms with Gasteiger partial charge < -0.3 is 9.47 Å².